The van der Waals surface area contributed by atoms with E-state index >= 15 is 0 Å². The molecule has 1 aliphatic heterocycles. The summed E-state index contributed by atoms with van der Waals surface area (Å²) < 4.78 is 42.4. The third-order valence-corrected chi connectivity index (χ3v) is 2.80. The van der Waals surface area contributed by atoms with Crippen molar-refractivity contribution < 1.29 is 27.8 Å². The first-order valence-corrected chi connectivity index (χ1v) is 4.91. The number of alkyl halides is 3. The molecule has 0 aromatic heterocycles. The third-order valence-electron chi connectivity index (χ3n) is 2.80. The minimum atomic E-state index is -4.49. The van der Waals surface area contributed by atoms with Crippen LogP contribution < -0.4 is 0 Å². The van der Waals surface area contributed by atoms with E-state index in [9.17, 15) is 18.0 Å². The Balaban J connectivity index is 2.43. The number of carboxylic acid groups (broad SMARTS) is 1. The number of hydrogen-bond acceptors (Lipinski definition) is 2. The van der Waals surface area contributed by atoms with Gasteiger partial charge in [0, 0.05) is 6.42 Å². The molecule has 0 bridgehead atoms. The van der Waals surface area contributed by atoms with Crippen LogP contribution in [0.15, 0.2) is 24.3 Å². The second kappa shape index (κ2) is 3.73. The zero-order valence-corrected chi connectivity index (χ0v) is 8.62. The number of rotatable bonds is 2. The highest BCUT2D eigenvalue weighted by Crippen LogP contribution is 2.40. The van der Waals surface area contributed by atoms with Crippen molar-refractivity contribution in [2.75, 3.05) is 6.61 Å². The maximum absolute atomic E-state index is 12.5. The molecule has 0 aliphatic carbocycles. The summed E-state index contributed by atoms with van der Waals surface area (Å²) >= 11 is 0. The first-order valence-electron chi connectivity index (χ1n) is 4.91. The fourth-order valence-corrected chi connectivity index (χ4v) is 1.77. The molecule has 92 valence electrons. The van der Waals surface area contributed by atoms with E-state index in [4.69, 9.17) is 9.84 Å². The lowest BCUT2D eigenvalue weighted by molar-refractivity contribution is -0.198. The van der Waals surface area contributed by atoms with Gasteiger partial charge in [0.1, 0.15) is 0 Å². The van der Waals surface area contributed by atoms with Gasteiger partial charge in [0.05, 0.1) is 12.2 Å². The van der Waals surface area contributed by atoms with E-state index in [-0.39, 0.29) is 18.6 Å². The van der Waals surface area contributed by atoms with E-state index in [1.807, 2.05) is 0 Å². The Morgan fingerprint density at radius 2 is 2.06 bits per heavy atom. The molecule has 2 rings (SSSR count). The second-order valence-electron chi connectivity index (χ2n) is 3.81. The van der Waals surface area contributed by atoms with Crippen molar-refractivity contribution in [3.05, 3.63) is 35.4 Å². The van der Waals surface area contributed by atoms with Gasteiger partial charge in [0.25, 0.3) is 0 Å². The molecule has 1 aliphatic rings. The van der Waals surface area contributed by atoms with E-state index in [1.165, 1.54) is 12.1 Å². The Kier molecular flexibility index (Phi) is 2.61. The van der Waals surface area contributed by atoms with Gasteiger partial charge in [-0.3, -0.25) is 0 Å². The lowest BCUT2D eigenvalue weighted by Gasteiger charge is -2.38. The van der Waals surface area contributed by atoms with Gasteiger partial charge >= 0.3 is 12.1 Å². The van der Waals surface area contributed by atoms with E-state index in [0.29, 0.717) is 0 Å². The van der Waals surface area contributed by atoms with Crippen LogP contribution in [0, 0.1) is 0 Å². The predicted molar refractivity (Wildman–Crippen MR) is 51.3 cm³/mol. The number of hydrogen-bond donors (Lipinski definition) is 1. The van der Waals surface area contributed by atoms with Gasteiger partial charge in [-0.05, 0) is 17.7 Å². The molecule has 3 nitrogen and oxygen atoms in total. The summed E-state index contributed by atoms with van der Waals surface area (Å²) in [5, 5.41) is 9.02. The summed E-state index contributed by atoms with van der Waals surface area (Å²) in [6, 6.07) is 4.25. The first-order chi connectivity index (χ1) is 7.86. The summed E-state index contributed by atoms with van der Waals surface area (Å²) in [4.78, 5) is 11.1. The van der Waals surface area contributed by atoms with Crippen LogP contribution in [0.2, 0.25) is 0 Å². The van der Waals surface area contributed by atoms with Crippen LogP contribution in [-0.4, -0.2) is 17.7 Å². The summed E-state index contributed by atoms with van der Waals surface area (Å²) in [6.07, 6.45) is -4.30. The van der Waals surface area contributed by atoms with Crippen molar-refractivity contribution in [2.24, 2.45) is 0 Å². The standard InChI is InChI=1S/C11H9F3O3/c12-11(13,14)8-3-1-2-7(6-8)10(9(15)16)4-5-17-10/h1-3,6H,4-5H2,(H,15,16). The third kappa shape index (κ3) is 1.88. The molecule has 0 radical (unpaired) electrons. The van der Waals surface area contributed by atoms with Crippen molar-refractivity contribution in [3.63, 3.8) is 0 Å². The van der Waals surface area contributed by atoms with Crippen LogP contribution in [0.25, 0.3) is 0 Å². The molecule has 1 N–H and O–H groups in total. The molecule has 1 heterocycles. The molecular weight excluding hydrogens is 237 g/mol. The largest absolute Gasteiger partial charge is 0.479 e. The quantitative estimate of drug-likeness (QED) is 0.871. The van der Waals surface area contributed by atoms with E-state index in [1.54, 1.807) is 0 Å². The SMILES string of the molecule is O=C(O)C1(c2cccc(C(F)(F)F)c2)CCO1. The zero-order chi connectivity index (χ0) is 12.7. The fourth-order valence-electron chi connectivity index (χ4n) is 1.77. The smallest absolute Gasteiger partial charge is 0.416 e. The molecule has 0 saturated carbocycles. The van der Waals surface area contributed by atoms with Gasteiger partial charge in [0.15, 0.2) is 5.60 Å². The predicted octanol–water partition coefficient (Wildman–Crippen LogP) is 2.41. The molecular formula is C11H9F3O3. The fraction of sp³-hybridized carbons (Fsp3) is 0.364. The molecule has 6 heteroatoms. The van der Waals surface area contributed by atoms with Crippen molar-refractivity contribution in [1.82, 2.24) is 0 Å². The zero-order valence-electron chi connectivity index (χ0n) is 8.62. The number of ether oxygens (including phenoxy) is 1. The van der Waals surface area contributed by atoms with Crippen molar-refractivity contribution >= 4 is 5.97 Å². The highest BCUT2D eigenvalue weighted by molar-refractivity contribution is 5.80. The highest BCUT2D eigenvalue weighted by atomic mass is 19.4. The Bertz CT molecular complexity index is 450. The van der Waals surface area contributed by atoms with Gasteiger partial charge in [-0.15, -0.1) is 0 Å². The van der Waals surface area contributed by atoms with Crippen molar-refractivity contribution in [3.8, 4) is 0 Å². The Morgan fingerprint density at radius 3 is 2.47 bits per heavy atom. The van der Waals surface area contributed by atoms with Crippen LogP contribution in [-0.2, 0) is 21.3 Å². The van der Waals surface area contributed by atoms with Gasteiger partial charge in [-0.2, -0.15) is 13.2 Å². The molecule has 17 heavy (non-hydrogen) atoms. The van der Waals surface area contributed by atoms with E-state index < -0.39 is 23.3 Å². The Morgan fingerprint density at radius 1 is 1.41 bits per heavy atom. The minimum Gasteiger partial charge on any atom is -0.479 e. The molecule has 1 saturated heterocycles. The summed E-state index contributed by atoms with van der Waals surface area (Å²) in [5.74, 6) is -1.26. The topological polar surface area (TPSA) is 46.5 Å². The average Bonchev–Trinajstić information content (AvgIpc) is 2.14. The number of carbonyl (C=O) groups is 1. The lowest BCUT2D eigenvalue weighted by atomic mass is 9.86. The van der Waals surface area contributed by atoms with Gasteiger partial charge in [-0.25, -0.2) is 4.79 Å². The highest BCUT2D eigenvalue weighted by Gasteiger charge is 2.48. The van der Waals surface area contributed by atoms with Crippen molar-refractivity contribution in [1.29, 1.82) is 0 Å². The molecule has 1 unspecified atom stereocenters. The van der Waals surface area contributed by atoms with Crippen LogP contribution in [0.1, 0.15) is 17.5 Å². The normalized spacial score (nSPS) is 24.2. The number of halogens is 3. The summed E-state index contributed by atoms with van der Waals surface area (Å²) in [6.45, 7) is 0.239. The van der Waals surface area contributed by atoms with E-state index in [0.717, 1.165) is 12.1 Å². The molecule has 0 amide bonds. The average molecular weight is 246 g/mol. The first kappa shape index (κ1) is 11.9. The minimum absolute atomic E-state index is 0.0334. The maximum Gasteiger partial charge on any atom is 0.416 e. The number of aliphatic carboxylic acids is 1. The summed E-state index contributed by atoms with van der Waals surface area (Å²) in [7, 11) is 0. The number of benzene rings is 1. The van der Waals surface area contributed by atoms with E-state index in [2.05, 4.69) is 0 Å². The molecule has 0 spiro atoms. The lowest BCUT2D eigenvalue weighted by Crippen LogP contribution is -2.47. The van der Waals surface area contributed by atoms with Crippen LogP contribution in [0.4, 0.5) is 13.2 Å². The summed E-state index contributed by atoms with van der Waals surface area (Å²) in [5.41, 5.74) is -2.45. The van der Waals surface area contributed by atoms with Crippen LogP contribution in [0.5, 0.6) is 0 Å². The van der Waals surface area contributed by atoms with Crippen LogP contribution in [0.3, 0.4) is 0 Å². The molecule has 1 aromatic rings. The molecule has 1 aromatic carbocycles. The Labute approximate surface area is 94.8 Å². The maximum atomic E-state index is 12.5. The van der Waals surface area contributed by atoms with Gasteiger partial charge < -0.3 is 9.84 Å². The molecule has 1 fully saturated rings. The van der Waals surface area contributed by atoms with Crippen LogP contribution >= 0.6 is 0 Å². The van der Waals surface area contributed by atoms with Gasteiger partial charge in [-0.1, -0.05) is 12.1 Å². The monoisotopic (exact) mass is 246 g/mol. The second-order valence-corrected chi connectivity index (χ2v) is 3.81. The van der Waals surface area contributed by atoms with Gasteiger partial charge in [0.2, 0.25) is 0 Å². The number of carboxylic acids is 1. The molecule has 1 atom stereocenters. The van der Waals surface area contributed by atoms with Crippen molar-refractivity contribution in [2.45, 2.75) is 18.2 Å². The Hall–Kier alpha value is -1.56.